The van der Waals surface area contributed by atoms with Crippen LogP contribution in [0.4, 0.5) is 5.69 Å². The van der Waals surface area contributed by atoms with Crippen LogP contribution >= 0.6 is 11.8 Å². The zero-order valence-electron chi connectivity index (χ0n) is 12.4. The summed E-state index contributed by atoms with van der Waals surface area (Å²) in [5.41, 5.74) is 2.70. The number of hydrogen-bond donors (Lipinski definition) is 2. The van der Waals surface area contributed by atoms with Gasteiger partial charge in [-0.3, -0.25) is 4.79 Å². The van der Waals surface area contributed by atoms with Crippen LogP contribution in [0.2, 0.25) is 0 Å². The molecule has 0 aromatic heterocycles. The fourth-order valence-electron chi connectivity index (χ4n) is 1.86. The van der Waals surface area contributed by atoms with Gasteiger partial charge in [-0.25, -0.2) is 4.79 Å². The maximum absolute atomic E-state index is 12.0. The van der Waals surface area contributed by atoms with Crippen molar-refractivity contribution in [1.82, 2.24) is 0 Å². The number of nitrogens with one attached hydrogen (secondary N) is 1. The third-order valence-corrected chi connectivity index (χ3v) is 4.16. The lowest BCUT2D eigenvalue weighted by Crippen LogP contribution is -2.15. The first kappa shape index (κ1) is 16.1. The highest BCUT2D eigenvalue weighted by Gasteiger charge is 2.09. The minimum absolute atomic E-state index is 0.156. The van der Waals surface area contributed by atoms with Gasteiger partial charge in [0.2, 0.25) is 5.91 Å². The number of anilines is 1. The van der Waals surface area contributed by atoms with Crippen LogP contribution in [0, 0.1) is 13.8 Å². The van der Waals surface area contributed by atoms with Gasteiger partial charge in [0.1, 0.15) is 0 Å². The van der Waals surface area contributed by atoms with Gasteiger partial charge in [0.15, 0.2) is 0 Å². The van der Waals surface area contributed by atoms with Crippen LogP contribution in [-0.2, 0) is 4.79 Å². The smallest absolute Gasteiger partial charge is 0.335 e. The minimum Gasteiger partial charge on any atom is -0.478 e. The molecule has 0 saturated heterocycles. The Morgan fingerprint density at radius 2 is 1.77 bits per heavy atom. The van der Waals surface area contributed by atoms with E-state index in [1.165, 1.54) is 29.5 Å². The molecule has 5 heteroatoms. The van der Waals surface area contributed by atoms with E-state index in [0.717, 1.165) is 10.5 Å². The molecule has 0 aliphatic heterocycles. The van der Waals surface area contributed by atoms with Gasteiger partial charge in [-0.15, -0.1) is 11.8 Å². The Hall–Kier alpha value is -2.27. The summed E-state index contributed by atoms with van der Waals surface area (Å²) in [5.74, 6) is -0.888. The van der Waals surface area contributed by atoms with Crippen LogP contribution in [0.3, 0.4) is 0 Å². The summed E-state index contributed by atoms with van der Waals surface area (Å²) >= 11 is 1.44. The standard InChI is InChI=1S/C17H17NO3S/c1-11-3-7-14(8-4-11)22-10-16(19)18-15-9-13(17(20)21)6-5-12(15)2/h3-9H,10H2,1-2H3,(H,18,19)(H,20,21). The maximum atomic E-state index is 12.0. The number of rotatable bonds is 5. The molecular formula is C17H17NO3S. The molecule has 0 heterocycles. The molecule has 2 aromatic rings. The van der Waals surface area contributed by atoms with E-state index < -0.39 is 5.97 Å². The Morgan fingerprint density at radius 1 is 1.09 bits per heavy atom. The van der Waals surface area contributed by atoms with Crippen molar-refractivity contribution < 1.29 is 14.7 Å². The van der Waals surface area contributed by atoms with Gasteiger partial charge in [0.25, 0.3) is 0 Å². The second kappa shape index (κ2) is 7.13. The molecule has 114 valence electrons. The van der Waals surface area contributed by atoms with Gasteiger partial charge in [0.05, 0.1) is 11.3 Å². The molecule has 0 unspecified atom stereocenters. The first-order valence-electron chi connectivity index (χ1n) is 6.79. The number of thioether (sulfide) groups is 1. The van der Waals surface area contributed by atoms with Gasteiger partial charge in [-0.1, -0.05) is 23.8 Å². The van der Waals surface area contributed by atoms with E-state index in [-0.39, 0.29) is 17.2 Å². The van der Waals surface area contributed by atoms with Crippen LogP contribution in [0.5, 0.6) is 0 Å². The predicted molar refractivity (Wildman–Crippen MR) is 88.7 cm³/mol. The molecule has 4 nitrogen and oxygen atoms in total. The molecule has 0 atom stereocenters. The van der Waals surface area contributed by atoms with Gasteiger partial charge >= 0.3 is 5.97 Å². The molecule has 2 N–H and O–H groups in total. The summed E-state index contributed by atoms with van der Waals surface area (Å²) in [5, 5.41) is 11.8. The van der Waals surface area contributed by atoms with E-state index in [1.807, 2.05) is 38.1 Å². The van der Waals surface area contributed by atoms with Crippen LogP contribution in [0.25, 0.3) is 0 Å². The molecule has 0 aliphatic rings. The molecule has 2 rings (SSSR count). The van der Waals surface area contributed by atoms with Crippen molar-refractivity contribution in [2.75, 3.05) is 11.1 Å². The fourth-order valence-corrected chi connectivity index (χ4v) is 2.56. The SMILES string of the molecule is Cc1ccc(SCC(=O)Nc2cc(C(=O)O)ccc2C)cc1. The minimum atomic E-state index is -1.01. The van der Waals surface area contributed by atoms with Crippen LogP contribution < -0.4 is 5.32 Å². The molecule has 2 aromatic carbocycles. The van der Waals surface area contributed by atoms with E-state index in [0.29, 0.717) is 5.69 Å². The van der Waals surface area contributed by atoms with E-state index in [1.54, 1.807) is 6.07 Å². The Balaban J connectivity index is 1.98. The zero-order valence-corrected chi connectivity index (χ0v) is 13.2. The lowest BCUT2D eigenvalue weighted by molar-refractivity contribution is -0.113. The largest absolute Gasteiger partial charge is 0.478 e. The molecule has 0 spiro atoms. The Kier molecular flexibility index (Phi) is 5.22. The molecule has 0 fully saturated rings. The molecule has 0 radical (unpaired) electrons. The summed E-state index contributed by atoms with van der Waals surface area (Å²) in [7, 11) is 0. The van der Waals surface area contributed by atoms with Gasteiger partial charge in [0, 0.05) is 10.6 Å². The molecule has 0 bridgehead atoms. The number of aromatic carboxylic acids is 1. The Morgan fingerprint density at radius 3 is 2.41 bits per heavy atom. The predicted octanol–water partition coefficient (Wildman–Crippen LogP) is 3.73. The van der Waals surface area contributed by atoms with Gasteiger partial charge < -0.3 is 10.4 Å². The van der Waals surface area contributed by atoms with Crippen molar-refractivity contribution in [3.63, 3.8) is 0 Å². The second-order valence-corrected chi connectivity index (χ2v) is 6.03. The monoisotopic (exact) mass is 315 g/mol. The third-order valence-electron chi connectivity index (χ3n) is 3.15. The van der Waals surface area contributed by atoms with Crippen molar-refractivity contribution in [3.05, 3.63) is 59.2 Å². The van der Waals surface area contributed by atoms with Crippen molar-refractivity contribution in [3.8, 4) is 0 Å². The maximum Gasteiger partial charge on any atom is 0.335 e. The molecule has 22 heavy (non-hydrogen) atoms. The average Bonchev–Trinajstić information content (AvgIpc) is 2.48. The molecule has 0 saturated carbocycles. The summed E-state index contributed by atoms with van der Waals surface area (Å²) in [6.45, 7) is 3.84. The molecular weight excluding hydrogens is 298 g/mol. The van der Waals surface area contributed by atoms with E-state index in [2.05, 4.69) is 5.32 Å². The highest BCUT2D eigenvalue weighted by Crippen LogP contribution is 2.20. The lowest BCUT2D eigenvalue weighted by Gasteiger charge is -2.09. The zero-order chi connectivity index (χ0) is 16.1. The number of benzene rings is 2. The Bertz CT molecular complexity index is 696. The fraction of sp³-hybridized carbons (Fsp3) is 0.176. The first-order chi connectivity index (χ1) is 10.5. The molecule has 0 aliphatic carbocycles. The number of aryl methyl sites for hydroxylation is 2. The van der Waals surface area contributed by atoms with Gasteiger partial charge in [-0.2, -0.15) is 0 Å². The highest BCUT2D eigenvalue weighted by molar-refractivity contribution is 8.00. The quantitative estimate of drug-likeness (QED) is 0.825. The summed E-state index contributed by atoms with van der Waals surface area (Å²) < 4.78 is 0. The molecule has 1 amide bonds. The van der Waals surface area contributed by atoms with E-state index in [4.69, 9.17) is 5.11 Å². The number of amides is 1. The average molecular weight is 315 g/mol. The lowest BCUT2D eigenvalue weighted by atomic mass is 10.1. The third kappa shape index (κ3) is 4.36. The highest BCUT2D eigenvalue weighted by atomic mass is 32.2. The van der Waals surface area contributed by atoms with E-state index in [9.17, 15) is 9.59 Å². The number of carboxylic acid groups (broad SMARTS) is 1. The number of carbonyl (C=O) groups excluding carboxylic acids is 1. The van der Waals surface area contributed by atoms with Crippen molar-refractivity contribution in [2.45, 2.75) is 18.7 Å². The van der Waals surface area contributed by atoms with Crippen molar-refractivity contribution >= 4 is 29.3 Å². The van der Waals surface area contributed by atoms with Crippen molar-refractivity contribution in [2.24, 2.45) is 0 Å². The normalized spacial score (nSPS) is 10.3. The van der Waals surface area contributed by atoms with Gasteiger partial charge in [-0.05, 0) is 43.7 Å². The second-order valence-electron chi connectivity index (χ2n) is 4.98. The summed E-state index contributed by atoms with van der Waals surface area (Å²) in [6, 6.07) is 12.6. The summed E-state index contributed by atoms with van der Waals surface area (Å²) in [6.07, 6.45) is 0. The van der Waals surface area contributed by atoms with E-state index >= 15 is 0 Å². The first-order valence-corrected chi connectivity index (χ1v) is 7.77. The van der Waals surface area contributed by atoms with Crippen LogP contribution in [0.1, 0.15) is 21.5 Å². The summed E-state index contributed by atoms with van der Waals surface area (Å²) in [4.78, 5) is 24.0. The number of hydrogen-bond acceptors (Lipinski definition) is 3. The van der Waals surface area contributed by atoms with Crippen LogP contribution in [0.15, 0.2) is 47.4 Å². The topological polar surface area (TPSA) is 66.4 Å². The van der Waals surface area contributed by atoms with Crippen LogP contribution in [-0.4, -0.2) is 22.7 Å². The van der Waals surface area contributed by atoms with Crippen molar-refractivity contribution in [1.29, 1.82) is 0 Å². The number of carboxylic acids is 1. The number of carbonyl (C=O) groups is 2. The Labute approximate surface area is 133 Å².